The SMILES string of the molecule is COCCOc1ccc(C(F)(F)F)cc1NC(=O)C1CC(=O)N(c2ccc3c(c2)OCCO3)C1. The Labute approximate surface area is 193 Å². The molecule has 2 aliphatic heterocycles. The molecule has 4 rings (SSSR count). The van der Waals surface area contributed by atoms with E-state index in [2.05, 4.69) is 5.32 Å². The van der Waals surface area contributed by atoms with Gasteiger partial charge in [-0.1, -0.05) is 0 Å². The molecular formula is C23H23F3N2O6. The number of rotatable bonds is 7. The van der Waals surface area contributed by atoms with Crippen molar-refractivity contribution < 1.29 is 41.7 Å². The summed E-state index contributed by atoms with van der Waals surface area (Å²) in [7, 11) is 1.46. The Morgan fingerprint density at radius 3 is 2.62 bits per heavy atom. The van der Waals surface area contributed by atoms with Gasteiger partial charge in [0.15, 0.2) is 11.5 Å². The van der Waals surface area contributed by atoms with Gasteiger partial charge in [-0.25, -0.2) is 0 Å². The van der Waals surface area contributed by atoms with Gasteiger partial charge in [0.05, 0.1) is 23.8 Å². The fourth-order valence-electron chi connectivity index (χ4n) is 3.73. The van der Waals surface area contributed by atoms with Crippen LogP contribution in [0.3, 0.4) is 0 Å². The third kappa shape index (κ3) is 5.19. The minimum Gasteiger partial charge on any atom is -0.489 e. The highest BCUT2D eigenvalue weighted by Crippen LogP contribution is 2.37. The molecule has 1 atom stereocenters. The van der Waals surface area contributed by atoms with Crippen LogP contribution in [0.25, 0.3) is 0 Å². The maximum Gasteiger partial charge on any atom is 0.416 e. The molecular weight excluding hydrogens is 457 g/mol. The number of anilines is 2. The van der Waals surface area contributed by atoms with Crippen LogP contribution in [0.5, 0.6) is 17.2 Å². The fraction of sp³-hybridized carbons (Fsp3) is 0.391. The number of halogens is 3. The van der Waals surface area contributed by atoms with Gasteiger partial charge >= 0.3 is 6.18 Å². The first-order valence-electron chi connectivity index (χ1n) is 10.6. The molecule has 182 valence electrons. The number of amides is 2. The molecule has 2 amide bonds. The second-order valence-electron chi connectivity index (χ2n) is 7.77. The number of carbonyl (C=O) groups is 2. The molecule has 1 unspecified atom stereocenters. The Morgan fingerprint density at radius 1 is 1.12 bits per heavy atom. The van der Waals surface area contributed by atoms with E-state index in [4.69, 9.17) is 18.9 Å². The van der Waals surface area contributed by atoms with E-state index in [0.29, 0.717) is 30.4 Å². The van der Waals surface area contributed by atoms with Gasteiger partial charge in [0, 0.05) is 31.8 Å². The summed E-state index contributed by atoms with van der Waals surface area (Å²) in [6.45, 7) is 1.20. The zero-order valence-electron chi connectivity index (χ0n) is 18.3. The van der Waals surface area contributed by atoms with Gasteiger partial charge in [-0.15, -0.1) is 0 Å². The summed E-state index contributed by atoms with van der Waals surface area (Å²) < 4.78 is 61.0. The predicted octanol–water partition coefficient (Wildman–Crippen LogP) is 3.49. The van der Waals surface area contributed by atoms with Gasteiger partial charge in [0.1, 0.15) is 25.6 Å². The number of hydrogen-bond donors (Lipinski definition) is 1. The van der Waals surface area contributed by atoms with E-state index in [1.54, 1.807) is 18.2 Å². The second kappa shape index (κ2) is 9.80. The van der Waals surface area contributed by atoms with Crippen molar-refractivity contribution in [2.75, 3.05) is 50.3 Å². The molecule has 0 spiro atoms. The number of nitrogens with one attached hydrogen (secondary N) is 1. The van der Waals surface area contributed by atoms with Crippen LogP contribution in [0.2, 0.25) is 0 Å². The molecule has 2 aromatic carbocycles. The first-order chi connectivity index (χ1) is 16.3. The molecule has 0 radical (unpaired) electrons. The lowest BCUT2D eigenvalue weighted by atomic mass is 10.1. The monoisotopic (exact) mass is 480 g/mol. The highest BCUT2D eigenvalue weighted by molar-refractivity contribution is 6.04. The summed E-state index contributed by atoms with van der Waals surface area (Å²) >= 11 is 0. The van der Waals surface area contributed by atoms with Crippen LogP contribution in [0, 0.1) is 5.92 Å². The topological polar surface area (TPSA) is 86.3 Å². The third-order valence-electron chi connectivity index (χ3n) is 5.44. The van der Waals surface area contributed by atoms with Gasteiger partial charge in [-0.3, -0.25) is 9.59 Å². The molecule has 0 bridgehead atoms. The molecule has 11 heteroatoms. The number of ether oxygens (including phenoxy) is 4. The van der Waals surface area contributed by atoms with Gasteiger partial charge in [-0.05, 0) is 30.3 Å². The van der Waals surface area contributed by atoms with Crippen LogP contribution in [0.1, 0.15) is 12.0 Å². The van der Waals surface area contributed by atoms with E-state index >= 15 is 0 Å². The van der Waals surface area contributed by atoms with E-state index in [0.717, 1.165) is 18.2 Å². The largest absolute Gasteiger partial charge is 0.489 e. The Kier molecular flexibility index (Phi) is 6.82. The summed E-state index contributed by atoms with van der Waals surface area (Å²) in [5.74, 6) is -0.469. The zero-order chi connectivity index (χ0) is 24.3. The normalized spacial score (nSPS) is 17.6. The van der Waals surface area contributed by atoms with E-state index < -0.39 is 23.6 Å². The molecule has 0 saturated carbocycles. The maximum absolute atomic E-state index is 13.2. The Balaban J connectivity index is 1.49. The van der Waals surface area contributed by atoms with Crippen molar-refractivity contribution in [3.05, 3.63) is 42.0 Å². The Hall–Kier alpha value is -3.47. The van der Waals surface area contributed by atoms with Gasteiger partial charge < -0.3 is 29.2 Å². The van der Waals surface area contributed by atoms with Crippen LogP contribution < -0.4 is 24.4 Å². The summed E-state index contributed by atoms with van der Waals surface area (Å²) in [5.41, 5.74) is -0.504. The molecule has 0 aromatic heterocycles. The Bertz CT molecular complexity index is 1080. The average Bonchev–Trinajstić information content (AvgIpc) is 3.21. The first kappa shape index (κ1) is 23.7. The van der Waals surface area contributed by atoms with Crippen molar-refractivity contribution in [1.29, 1.82) is 0 Å². The van der Waals surface area contributed by atoms with E-state index in [-0.39, 0.29) is 43.5 Å². The summed E-state index contributed by atoms with van der Waals surface area (Å²) in [4.78, 5) is 27.0. The zero-order valence-corrected chi connectivity index (χ0v) is 18.3. The minimum absolute atomic E-state index is 0.0726. The number of carbonyl (C=O) groups excluding carboxylic acids is 2. The number of nitrogens with zero attached hydrogens (tertiary/aromatic N) is 1. The number of alkyl halides is 3. The number of methoxy groups -OCH3 is 1. The van der Waals surface area contributed by atoms with Crippen LogP contribution in [0.15, 0.2) is 36.4 Å². The van der Waals surface area contributed by atoms with Gasteiger partial charge in [-0.2, -0.15) is 13.2 Å². The Morgan fingerprint density at radius 2 is 1.88 bits per heavy atom. The van der Waals surface area contributed by atoms with Crippen molar-refractivity contribution in [3.8, 4) is 17.2 Å². The maximum atomic E-state index is 13.2. The quantitative estimate of drug-likeness (QED) is 0.611. The average molecular weight is 480 g/mol. The highest BCUT2D eigenvalue weighted by atomic mass is 19.4. The minimum atomic E-state index is -4.59. The third-order valence-corrected chi connectivity index (χ3v) is 5.44. The van der Waals surface area contributed by atoms with Crippen molar-refractivity contribution in [2.45, 2.75) is 12.6 Å². The van der Waals surface area contributed by atoms with Crippen molar-refractivity contribution >= 4 is 23.2 Å². The molecule has 8 nitrogen and oxygen atoms in total. The molecule has 2 heterocycles. The highest BCUT2D eigenvalue weighted by Gasteiger charge is 2.37. The lowest BCUT2D eigenvalue weighted by molar-refractivity contribution is -0.137. The first-order valence-corrected chi connectivity index (χ1v) is 10.6. The molecule has 34 heavy (non-hydrogen) atoms. The molecule has 2 aromatic rings. The van der Waals surface area contributed by atoms with Crippen molar-refractivity contribution in [3.63, 3.8) is 0 Å². The molecule has 0 aliphatic carbocycles. The van der Waals surface area contributed by atoms with Gasteiger partial charge in [0.2, 0.25) is 11.8 Å². The fourth-order valence-corrected chi connectivity index (χ4v) is 3.73. The lowest BCUT2D eigenvalue weighted by Gasteiger charge is -2.22. The van der Waals surface area contributed by atoms with Crippen molar-refractivity contribution in [2.24, 2.45) is 5.92 Å². The summed E-state index contributed by atoms with van der Waals surface area (Å²) in [6.07, 6.45) is -4.68. The van der Waals surface area contributed by atoms with E-state index in [9.17, 15) is 22.8 Å². The molecule has 1 N–H and O–H groups in total. The smallest absolute Gasteiger partial charge is 0.416 e. The van der Waals surface area contributed by atoms with E-state index in [1.807, 2.05) is 0 Å². The van der Waals surface area contributed by atoms with Crippen LogP contribution in [-0.2, 0) is 20.5 Å². The standard InChI is InChI=1S/C23H23F3N2O6/c1-31-6-7-32-18-4-2-15(23(24,25)26)11-17(18)27-22(30)14-10-21(29)28(13-14)16-3-5-19-20(12-16)34-9-8-33-19/h2-5,11-12,14H,6-10,13H2,1H3,(H,27,30). The number of hydrogen-bond acceptors (Lipinski definition) is 6. The number of benzene rings is 2. The van der Waals surface area contributed by atoms with E-state index in [1.165, 1.54) is 12.0 Å². The summed E-state index contributed by atoms with van der Waals surface area (Å²) in [5, 5.41) is 2.51. The van der Waals surface area contributed by atoms with Crippen LogP contribution in [-0.4, -0.2) is 51.9 Å². The molecule has 1 fully saturated rings. The molecule has 1 saturated heterocycles. The second-order valence-corrected chi connectivity index (χ2v) is 7.77. The van der Waals surface area contributed by atoms with Gasteiger partial charge in [0.25, 0.3) is 0 Å². The molecule has 2 aliphatic rings. The lowest BCUT2D eigenvalue weighted by Crippen LogP contribution is -2.28. The van der Waals surface area contributed by atoms with Crippen LogP contribution in [0.4, 0.5) is 24.5 Å². The summed E-state index contributed by atoms with van der Waals surface area (Å²) in [6, 6.07) is 7.89. The van der Waals surface area contributed by atoms with Crippen molar-refractivity contribution in [1.82, 2.24) is 0 Å². The predicted molar refractivity (Wildman–Crippen MR) is 115 cm³/mol. The number of fused-ring (bicyclic) bond motifs is 1. The van der Waals surface area contributed by atoms with Crippen LogP contribution >= 0.6 is 0 Å².